The van der Waals surface area contributed by atoms with Gasteiger partial charge in [-0.25, -0.2) is 4.84 Å². The lowest BCUT2D eigenvalue weighted by Gasteiger charge is -2.23. The lowest BCUT2D eigenvalue weighted by molar-refractivity contribution is -0.298. The van der Waals surface area contributed by atoms with Crippen LogP contribution in [0.5, 0.6) is 0 Å². The number of carbonyl (C=O) groups excluding carboxylic acids is 1. The molecule has 1 aliphatic rings. The maximum Gasteiger partial charge on any atom is 0.303 e. The molecule has 0 saturated carbocycles. The fraction of sp³-hybridized carbons (Fsp3) is 0.533. The van der Waals surface area contributed by atoms with Crippen molar-refractivity contribution in [2.24, 2.45) is 5.92 Å². The first-order valence-electron chi connectivity index (χ1n) is 7.11. The van der Waals surface area contributed by atoms with Gasteiger partial charge in [-0.1, -0.05) is 23.4 Å². The molecule has 1 aliphatic heterocycles. The van der Waals surface area contributed by atoms with Gasteiger partial charge in [0.15, 0.2) is 0 Å². The summed E-state index contributed by atoms with van der Waals surface area (Å²) >= 11 is 0. The molecule has 0 aliphatic carbocycles. The molecule has 0 aromatic heterocycles. The highest BCUT2D eigenvalue weighted by molar-refractivity contribution is 5.94. The lowest BCUT2D eigenvalue weighted by atomic mass is 9.95. The number of hydrogen-bond acceptors (Lipinski definition) is 4. The second-order valence-electron chi connectivity index (χ2n) is 5.21. The van der Waals surface area contributed by atoms with Crippen LogP contribution in [0.4, 0.5) is 0 Å². The third kappa shape index (κ3) is 4.03. The molecule has 1 aromatic carbocycles. The topological polar surface area (TPSA) is 61.8 Å². The first kappa shape index (κ1) is 15.0. The highest BCUT2D eigenvalue weighted by Gasteiger charge is 2.18. The quantitative estimate of drug-likeness (QED) is 0.640. The van der Waals surface area contributed by atoms with Crippen molar-refractivity contribution in [1.29, 1.82) is 0 Å². The summed E-state index contributed by atoms with van der Waals surface area (Å²) in [4.78, 5) is 17.1. The molecule has 0 radical (unpaired) electrons. The number of piperidine rings is 1. The van der Waals surface area contributed by atoms with Gasteiger partial charge in [-0.05, 0) is 56.8 Å². The van der Waals surface area contributed by atoms with E-state index < -0.39 is 5.91 Å². The molecule has 1 heterocycles. The molecule has 5 heteroatoms. The van der Waals surface area contributed by atoms with Crippen LogP contribution in [0.3, 0.4) is 0 Å². The Kier molecular flexibility index (Phi) is 5.52. The first-order chi connectivity index (χ1) is 9.68. The number of aryl methyl sites for hydroxylation is 1. The predicted molar refractivity (Wildman–Crippen MR) is 75.3 cm³/mol. The molecule has 0 spiro atoms. The Balaban J connectivity index is 1.78. The highest BCUT2D eigenvalue weighted by atomic mass is 16.9. The number of nitrogens with one attached hydrogen (secondary N) is 1. The summed E-state index contributed by atoms with van der Waals surface area (Å²) in [5.74, 6) is 0.0895. The Morgan fingerprint density at radius 2 is 2.10 bits per heavy atom. The summed E-state index contributed by atoms with van der Waals surface area (Å²) < 4.78 is 0. The molecule has 1 fully saturated rings. The van der Waals surface area contributed by atoms with Crippen molar-refractivity contribution in [2.75, 3.05) is 19.7 Å². The number of amides is 1. The van der Waals surface area contributed by atoms with Crippen LogP contribution in [-0.2, 0) is 4.84 Å². The summed E-state index contributed by atoms with van der Waals surface area (Å²) in [7, 11) is 0. The number of nitrogens with zero attached hydrogens (tertiary/aromatic N) is 1. The van der Waals surface area contributed by atoms with E-state index in [4.69, 9.17) is 4.84 Å². The summed E-state index contributed by atoms with van der Waals surface area (Å²) in [5.41, 5.74) is 1.27. The lowest BCUT2D eigenvalue weighted by Crippen LogP contribution is -2.31. The van der Waals surface area contributed by atoms with Crippen LogP contribution in [0.1, 0.15) is 35.2 Å². The van der Waals surface area contributed by atoms with Crippen LogP contribution in [0.2, 0.25) is 0 Å². The van der Waals surface area contributed by atoms with Gasteiger partial charge in [0.2, 0.25) is 0 Å². The van der Waals surface area contributed by atoms with Gasteiger partial charge < -0.3 is 5.32 Å². The van der Waals surface area contributed by atoms with E-state index in [0.29, 0.717) is 23.3 Å². The fourth-order valence-electron chi connectivity index (χ4n) is 2.45. The van der Waals surface area contributed by atoms with E-state index in [2.05, 4.69) is 5.32 Å². The molecule has 110 valence electrons. The van der Waals surface area contributed by atoms with Crippen LogP contribution >= 0.6 is 0 Å². The van der Waals surface area contributed by atoms with Crippen LogP contribution in [0.25, 0.3) is 0 Å². The Bertz CT molecular complexity index is 444. The summed E-state index contributed by atoms with van der Waals surface area (Å²) in [6.07, 6.45) is 3.11. The third-order valence-electron chi connectivity index (χ3n) is 3.75. The molecule has 0 unspecified atom stereocenters. The molecule has 0 atom stereocenters. The maximum absolute atomic E-state index is 12.0. The van der Waals surface area contributed by atoms with Crippen LogP contribution in [0, 0.1) is 12.8 Å². The molecule has 2 N–H and O–H groups in total. The van der Waals surface area contributed by atoms with Gasteiger partial charge in [-0.15, -0.1) is 0 Å². The minimum atomic E-state index is -0.520. The van der Waals surface area contributed by atoms with Gasteiger partial charge in [0.1, 0.15) is 0 Å². The molecule has 1 aromatic rings. The van der Waals surface area contributed by atoms with Crippen molar-refractivity contribution in [1.82, 2.24) is 10.5 Å². The van der Waals surface area contributed by atoms with Gasteiger partial charge >= 0.3 is 5.91 Å². The van der Waals surface area contributed by atoms with E-state index in [0.717, 1.165) is 37.9 Å². The number of hydroxylamine groups is 2. The molecular weight excluding hydrogens is 256 g/mol. The number of carbonyl (C=O) groups is 1. The highest BCUT2D eigenvalue weighted by Crippen LogP contribution is 2.16. The summed E-state index contributed by atoms with van der Waals surface area (Å²) in [6, 6.07) is 7.13. The average Bonchev–Trinajstić information content (AvgIpc) is 2.48. The van der Waals surface area contributed by atoms with Gasteiger partial charge in [-0.2, -0.15) is 0 Å². The number of benzene rings is 1. The van der Waals surface area contributed by atoms with E-state index in [1.54, 1.807) is 12.1 Å². The summed E-state index contributed by atoms with van der Waals surface area (Å²) in [5, 5.41) is 13.3. The van der Waals surface area contributed by atoms with Crippen molar-refractivity contribution in [2.45, 2.75) is 26.2 Å². The summed E-state index contributed by atoms with van der Waals surface area (Å²) in [6.45, 7) is 4.26. The maximum atomic E-state index is 12.0. The minimum absolute atomic E-state index is 0.360. The monoisotopic (exact) mass is 278 g/mol. The molecule has 1 saturated heterocycles. The van der Waals surface area contributed by atoms with E-state index in [-0.39, 0.29) is 0 Å². The van der Waals surface area contributed by atoms with Crippen molar-refractivity contribution in [3.05, 3.63) is 35.4 Å². The smallest absolute Gasteiger partial charge is 0.303 e. The van der Waals surface area contributed by atoms with Crippen LogP contribution in [-0.4, -0.2) is 36.0 Å². The zero-order valence-corrected chi connectivity index (χ0v) is 11.8. The molecule has 20 heavy (non-hydrogen) atoms. The first-order valence-corrected chi connectivity index (χ1v) is 7.11. The van der Waals surface area contributed by atoms with Crippen LogP contribution in [0.15, 0.2) is 24.3 Å². The van der Waals surface area contributed by atoms with Gasteiger partial charge in [-0.3, -0.25) is 10.0 Å². The predicted octanol–water partition coefficient (Wildman–Crippen LogP) is 2.15. The number of hydrogen-bond donors (Lipinski definition) is 2. The second-order valence-corrected chi connectivity index (χ2v) is 5.21. The van der Waals surface area contributed by atoms with E-state index in [9.17, 15) is 10.0 Å². The van der Waals surface area contributed by atoms with Gasteiger partial charge in [0.05, 0.1) is 6.61 Å². The van der Waals surface area contributed by atoms with E-state index in [1.165, 1.54) is 0 Å². The van der Waals surface area contributed by atoms with Gasteiger partial charge in [0, 0.05) is 5.56 Å². The third-order valence-corrected chi connectivity index (χ3v) is 3.75. The molecule has 0 bridgehead atoms. The standard InChI is InChI=1S/C15H22N2O3/c1-12-4-2-3-5-14(12)15(18)17(19)20-11-8-13-6-9-16-10-7-13/h2-5,13,16,19H,6-11H2,1H3. The Hall–Kier alpha value is -1.43. The molecule has 1 amide bonds. The van der Waals surface area contributed by atoms with E-state index >= 15 is 0 Å². The van der Waals surface area contributed by atoms with Crippen molar-refractivity contribution >= 4 is 5.91 Å². The van der Waals surface area contributed by atoms with Crippen molar-refractivity contribution in [3.63, 3.8) is 0 Å². The Labute approximate surface area is 119 Å². The van der Waals surface area contributed by atoms with Crippen LogP contribution < -0.4 is 5.32 Å². The SMILES string of the molecule is Cc1ccccc1C(=O)N(O)OCCC1CCNCC1. The van der Waals surface area contributed by atoms with Crippen molar-refractivity contribution in [3.8, 4) is 0 Å². The normalized spacial score (nSPS) is 16.1. The Morgan fingerprint density at radius 3 is 2.80 bits per heavy atom. The second kappa shape index (κ2) is 7.38. The van der Waals surface area contributed by atoms with E-state index in [1.807, 2.05) is 19.1 Å². The molecule has 2 rings (SSSR count). The average molecular weight is 278 g/mol. The molecule has 5 nitrogen and oxygen atoms in total. The number of rotatable bonds is 5. The van der Waals surface area contributed by atoms with Crippen molar-refractivity contribution < 1.29 is 14.8 Å². The zero-order chi connectivity index (χ0) is 14.4. The fourth-order valence-corrected chi connectivity index (χ4v) is 2.45. The van der Waals surface area contributed by atoms with Gasteiger partial charge in [0.25, 0.3) is 0 Å². The Morgan fingerprint density at radius 1 is 1.40 bits per heavy atom. The minimum Gasteiger partial charge on any atom is -0.317 e. The zero-order valence-electron chi connectivity index (χ0n) is 11.8. The largest absolute Gasteiger partial charge is 0.317 e. The molecular formula is C15H22N2O3.